The van der Waals surface area contributed by atoms with Crippen LogP contribution in [0.4, 0.5) is 0 Å². The number of hydrogen-bond donors (Lipinski definition) is 0. The summed E-state index contributed by atoms with van der Waals surface area (Å²) in [4.78, 5) is 18.8. The number of aromatic nitrogens is 6. The largest absolute Gasteiger partial charge is 0.337 e. The Kier molecular flexibility index (Phi) is 4.63. The summed E-state index contributed by atoms with van der Waals surface area (Å²) in [6.45, 7) is 5.03. The van der Waals surface area contributed by atoms with E-state index < -0.39 is 0 Å². The van der Waals surface area contributed by atoms with E-state index in [1.165, 1.54) is 11.0 Å². The fraction of sp³-hybridized carbons (Fsp3) is 0.714. The standard InChI is InChI=1S/C14H21N7O2/c1-10(2)7-12-16-14(23-17-12)11-5-3-4-6-21(11)13(22)8-20-9-15-18-19-20/h9-11H,3-8H2,1-2H3/t11-/m1/s1. The topological polar surface area (TPSA) is 103 Å². The Hall–Kier alpha value is -2.32. The smallest absolute Gasteiger partial charge is 0.249 e. The number of amides is 1. The van der Waals surface area contributed by atoms with Crippen molar-refractivity contribution >= 4 is 5.91 Å². The Morgan fingerprint density at radius 3 is 3.04 bits per heavy atom. The summed E-state index contributed by atoms with van der Waals surface area (Å²) in [6.07, 6.45) is 5.07. The zero-order chi connectivity index (χ0) is 16.2. The monoisotopic (exact) mass is 319 g/mol. The minimum absolute atomic E-state index is 0.0365. The highest BCUT2D eigenvalue weighted by molar-refractivity contribution is 5.76. The molecule has 23 heavy (non-hydrogen) atoms. The first-order valence-electron chi connectivity index (χ1n) is 7.96. The molecular formula is C14H21N7O2. The fourth-order valence-corrected chi connectivity index (χ4v) is 2.82. The molecule has 1 amide bonds. The lowest BCUT2D eigenvalue weighted by Crippen LogP contribution is -2.40. The first-order chi connectivity index (χ1) is 11.1. The average molecular weight is 319 g/mol. The van der Waals surface area contributed by atoms with Gasteiger partial charge < -0.3 is 9.42 Å². The predicted molar refractivity (Wildman–Crippen MR) is 79.0 cm³/mol. The number of hydrogen-bond acceptors (Lipinski definition) is 7. The molecule has 2 aromatic heterocycles. The zero-order valence-electron chi connectivity index (χ0n) is 13.4. The number of rotatable bonds is 5. The van der Waals surface area contributed by atoms with Gasteiger partial charge in [0.1, 0.15) is 18.9 Å². The van der Waals surface area contributed by atoms with Crippen LogP contribution in [-0.4, -0.2) is 47.7 Å². The number of nitrogens with zero attached hydrogens (tertiary/aromatic N) is 7. The number of carbonyl (C=O) groups is 1. The van der Waals surface area contributed by atoms with E-state index in [1.807, 2.05) is 0 Å². The maximum Gasteiger partial charge on any atom is 0.249 e. The molecule has 0 aromatic carbocycles. The Labute approximate surface area is 134 Å². The van der Waals surface area contributed by atoms with Crippen LogP contribution in [0.1, 0.15) is 50.9 Å². The van der Waals surface area contributed by atoms with E-state index >= 15 is 0 Å². The quantitative estimate of drug-likeness (QED) is 0.810. The molecule has 3 heterocycles. The number of tetrazole rings is 1. The normalized spacial score (nSPS) is 18.6. The average Bonchev–Trinajstić information content (AvgIpc) is 3.18. The molecule has 3 rings (SSSR count). The molecule has 1 fully saturated rings. The van der Waals surface area contributed by atoms with E-state index in [2.05, 4.69) is 39.5 Å². The third-order valence-corrected chi connectivity index (χ3v) is 3.87. The van der Waals surface area contributed by atoms with Crippen LogP contribution < -0.4 is 0 Å². The van der Waals surface area contributed by atoms with Crippen LogP contribution in [0, 0.1) is 5.92 Å². The van der Waals surface area contributed by atoms with Crippen LogP contribution in [0.2, 0.25) is 0 Å². The van der Waals surface area contributed by atoms with Gasteiger partial charge in [-0.05, 0) is 35.6 Å². The van der Waals surface area contributed by atoms with Crippen molar-refractivity contribution < 1.29 is 9.32 Å². The van der Waals surface area contributed by atoms with E-state index in [0.29, 0.717) is 24.2 Å². The molecule has 124 valence electrons. The van der Waals surface area contributed by atoms with Gasteiger partial charge in [0.05, 0.1) is 0 Å². The predicted octanol–water partition coefficient (Wildman–Crippen LogP) is 1.01. The molecule has 2 aromatic rings. The maximum absolute atomic E-state index is 12.6. The second-order valence-electron chi connectivity index (χ2n) is 6.25. The third-order valence-electron chi connectivity index (χ3n) is 3.87. The van der Waals surface area contributed by atoms with Crippen molar-refractivity contribution in [1.29, 1.82) is 0 Å². The van der Waals surface area contributed by atoms with Crippen molar-refractivity contribution in [3.63, 3.8) is 0 Å². The van der Waals surface area contributed by atoms with Crippen LogP contribution in [0.15, 0.2) is 10.9 Å². The molecule has 9 heteroatoms. The van der Waals surface area contributed by atoms with Gasteiger partial charge >= 0.3 is 0 Å². The first-order valence-corrected chi connectivity index (χ1v) is 7.96. The minimum atomic E-state index is -0.152. The van der Waals surface area contributed by atoms with Crippen molar-refractivity contribution in [2.75, 3.05) is 6.54 Å². The maximum atomic E-state index is 12.6. The highest BCUT2D eigenvalue weighted by Crippen LogP contribution is 2.30. The zero-order valence-corrected chi connectivity index (χ0v) is 13.4. The van der Waals surface area contributed by atoms with Gasteiger partial charge in [0.15, 0.2) is 5.82 Å². The molecule has 9 nitrogen and oxygen atoms in total. The summed E-state index contributed by atoms with van der Waals surface area (Å²) in [6, 6.07) is -0.152. The van der Waals surface area contributed by atoms with Gasteiger partial charge in [0.2, 0.25) is 11.8 Å². The van der Waals surface area contributed by atoms with Crippen molar-refractivity contribution in [3.8, 4) is 0 Å². The third kappa shape index (κ3) is 3.72. The van der Waals surface area contributed by atoms with E-state index in [9.17, 15) is 4.79 Å². The Bertz CT molecular complexity index is 637. The van der Waals surface area contributed by atoms with Crippen molar-refractivity contribution in [3.05, 3.63) is 18.0 Å². The van der Waals surface area contributed by atoms with Gasteiger partial charge in [-0.15, -0.1) is 5.10 Å². The van der Waals surface area contributed by atoms with Crippen molar-refractivity contribution in [2.24, 2.45) is 5.92 Å². The van der Waals surface area contributed by atoms with E-state index in [4.69, 9.17) is 4.52 Å². The highest BCUT2D eigenvalue weighted by atomic mass is 16.5. The van der Waals surface area contributed by atoms with Crippen LogP contribution in [-0.2, 0) is 17.8 Å². The molecular weight excluding hydrogens is 298 g/mol. The summed E-state index contributed by atoms with van der Waals surface area (Å²) in [7, 11) is 0. The fourth-order valence-electron chi connectivity index (χ4n) is 2.82. The van der Waals surface area contributed by atoms with Crippen LogP contribution in [0.5, 0.6) is 0 Å². The van der Waals surface area contributed by atoms with Gasteiger partial charge in [-0.1, -0.05) is 19.0 Å². The molecule has 0 radical (unpaired) electrons. The number of piperidine rings is 1. The first kappa shape index (κ1) is 15.6. The second-order valence-corrected chi connectivity index (χ2v) is 6.25. The van der Waals surface area contributed by atoms with Gasteiger partial charge in [-0.3, -0.25) is 4.79 Å². The summed E-state index contributed by atoms with van der Waals surface area (Å²) >= 11 is 0. The van der Waals surface area contributed by atoms with Crippen molar-refractivity contribution in [1.82, 2.24) is 35.2 Å². The van der Waals surface area contributed by atoms with Gasteiger partial charge in [-0.2, -0.15) is 4.98 Å². The Balaban J connectivity index is 1.73. The summed E-state index contributed by atoms with van der Waals surface area (Å²) in [5.41, 5.74) is 0. The van der Waals surface area contributed by atoms with E-state index in [0.717, 1.165) is 25.7 Å². The molecule has 0 aliphatic carbocycles. The molecule has 0 bridgehead atoms. The van der Waals surface area contributed by atoms with E-state index in [-0.39, 0.29) is 18.5 Å². The summed E-state index contributed by atoms with van der Waals surface area (Å²) in [5, 5.41) is 14.9. The van der Waals surface area contributed by atoms with Gasteiger partial charge in [-0.25, -0.2) is 4.68 Å². The lowest BCUT2D eigenvalue weighted by Gasteiger charge is -2.33. The van der Waals surface area contributed by atoms with Gasteiger partial charge in [0.25, 0.3) is 0 Å². The highest BCUT2D eigenvalue weighted by Gasteiger charge is 2.32. The van der Waals surface area contributed by atoms with Crippen molar-refractivity contribution in [2.45, 2.75) is 52.1 Å². The lowest BCUT2D eigenvalue weighted by atomic mass is 10.0. The molecule has 1 aliphatic rings. The SMILES string of the molecule is CC(C)Cc1noc([C@H]2CCCCN2C(=O)Cn2cnnn2)n1. The molecule has 0 N–H and O–H groups in total. The van der Waals surface area contributed by atoms with E-state index in [1.54, 1.807) is 4.90 Å². The summed E-state index contributed by atoms with van der Waals surface area (Å²) < 4.78 is 6.84. The van der Waals surface area contributed by atoms with Crippen LogP contribution in [0.25, 0.3) is 0 Å². The molecule has 1 saturated heterocycles. The molecule has 0 unspecified atom stereocenters. The Morgan fingerprint density at radius 1 is 1.43 bits per heavy atom. The molecule has 0 saturated carbocycles. The summed E-state index contributed by atoms with van der Waals surface area (Å²) in [5.74, 6) is 1.66. The minimum Gasteiger partial charge on any atom is -0.337 e. The lowest BCUT2D eigenvalue weighted by molar-refractivity contribution is -0.136. The number of carbonyl (C=O) groups excluding carboxylic acids is 1. The van der Waals surface area contributed by atoms with Gasteiger partial charge in [0, 0.05) is 13.0 Å². The second kappa shape index (κ2) is 6.84. The molecule has 1 atom stereocenters. The Morgan fingerprint density at radius 2 is 2.30 bits per heavy atom. The molecule has 1 aliphatic heterocycles. The van der Waals surface area contributed by atoms with Crippen LogP contribution in [0.3, 0.4) is 0 Å². The molecule has 0 spiro atoms. The van der Waals surface area contributed by atoms with Crippen LogP contribution >= 0.6 is 0 Å². The number of likely N-dealkylation sites (tertiary alicyclic amines) is 1.